The van der Waals surface area contributed by atoms with E-state index in [4.69, 9.17) is 4.74 Å². The van der Waals surface area contributed by atoms with Gasteiger partial charge in [-0.05, 0) is 106 Å². The first-order valence-electron chi connectivity index (χ1n) is 12.2. The average molecular weight is 389 g/mol. The Balaban J connectivity index is 1.01. The number of hydrogen-bond acceptors (Lipinski definition) is 3. The summed E-state index contributed by atoms with van der Waals surface area (Å²) in [6, 6.07) is 0. The fraction of sp³-hybridized carbons (Fsp3) is 0.958. The predicted octanol–water partition coefficient (Wildman–Crippen LogP) is 3.85. The molecule has 158 valence electrons. The molecule has 0 aromatic carbocycles. The van der Waals surface area contributed by atoms with E-state index >= 15 is 0 Å². The summed E-state index contributed by atoms with van der Waals surface area (Å²) in [5.74, 6) is 4.80. The first-order chi connectivity index (χ1) is 13.7. The van der Waals surface area contributed by atoms with Gasteiger partial charge in [0.25, 0.3) is 0 Å². The Morgan fingerprint density at radius 3 is 2.32 bits per heavy atom. The molecule has 1 unspecified atom stereocenters. The van der Waals surface area contributed by atoms with Crippen molar-refractivity contribution in [3.05, 3.63) is 0 Å². The van der Waals surface area contributed by atoms with E-state index in [-0.39, 0.29) is 0 Å². The minimum Gasteiger partial charge on any atom is -0.381 e. The van der Waals surface area contributed by atoms with Crippen LogP contribution in [-0.4, -0.2) is 50.2 Å². The molecule has 4 aliphatic carbocycles. The van der Waals surface area contributed by atoms with Gasteiger partial charge in [-0.2, -0.15) is 0 Å². The van der Waals surface area contributed by atoms with Crippen LogP contribution in [0.1, 0.15) is 70.6 Å². The molecule has 6 fully saturated rings. The van der Waals surface area contributed by atoms with Crippen LogP contribution in [0.25, 0.3) is 0 Å². The zero-order chi connectivity index (χ0) is 19.0. The van der Waals surface area contributed by atoms with Crippen molar-refractivity contribution in [3.63, 3.8) is 0 Å². The maximum absolute atomic E-state index is 12.7. The molecule has 6 aliphatic rings. The standard InChI is InChI=1S/C24H40N2O2/c27-23(15-24-12-20-9-21(13-24)11-22(10-20)14-24)25-5-1-18-2-6-26(16-18)17-19-3-7-28-8-4-19/h18-22H,1-17H2,(H,25,27). The summed E-state index contributed by atoms with van der Waals surface area (Å²) in [7, 11) is 0. The van der Waals surface area contributed by atoms with Gasteiger partial charge in [0.05, 0.1) is 0 Å². The quantitative estimate of drug-likeness (QED) is 0.720. The van der Waals surface area contributed by atoms with E-state index in [2.05, 4.69) is 10.2 Å². The van der Waals surface area contributed by atoms with Crippen LogP contribution in [0.15, 0.2) is 0 Å². The lowest BCUT2D eigenvalue weighted by Crippen LogP contribution is -2.48. The van der Waals surface area contributed by atoms with Crippen molar-refractivity contribution < 1.29 is 9.53 Å². The molecule has 4 nitrogen and oxygen atoms in total. The summed E-state index contributed by atoms with van der Waals surface area (Å²) in [6.07, 6.45) is 14.2. The van der Waals surface area contributed by atoms with Crippen molar-refractivity contribution in [1.29, 1.82) is 0 Å². The number of rotatable bonds is 7. The largest absolute Gasteiger partial charge is 0.381 e. The maximum atomic E-state index is 12.7. The molecule has 2 heterocycles. The molecule has 4 bridgehead atoms. The number of likely N-dealkylation sites (tertiary alicyclic amines) is 1. The van der Waals surface area contributed by atoms with Crippen molar-refractivity contribution in [1.82, 2.24) is 10.2 Å². The van der Waals surface area contributed by atoms with E-state index in [0.29, 0.717) is 11.3 Å². The molecule has 2 saturated heterocycles. The summed E-state index contributed by atoms with van der Waals surface area (Å²) in [4.78, 5) is 15.4. The highest BCUT2D eigenvalue weighted by Gasteiger charge is 2.51. The lowest BCUT2D eigenvalue weighted by Gasteiger charge is -2.56. The zero-order valence-corrected chi connectivity index (χ0v) is 17.7. The number of nitrogens with one attached hydrogen (secondary N) is 1. The predicted molar refractivity (Wildman–Crippen MR) is 111 cm³/mol. The molecule has 1 atom stereocenters. The second kappa shape index (κ2) is 8.26. The second-order valence-corrected chi connectivity index (χ2v) is 11.2. The van der Waals surface area contributed by atoms with Gasteiger partial charge in [0.2, 0.25) is 5.91 Å². The van der Waals surface area contributed by atoms with Gasteiger partial charge < -0.3 is 15.0 Å². The minimum atomic E-state index is 0.346. The topological polar surface area (TPSA) is 41.6 Å². The van der Waals surface area contributed by atoms with Crippen molar-refractivity contribution in [2.24, 2.45) is 35.0 Å². The number of ether oxygens (including phenoxy) is 1. The van der Waals surface area contributed by atoms with Gasteiger partial charge in [-0.1, -0.05) is 0 Å². The Labute approximate surface area is 171 Å². The highest BCUT2D eigenvalue weighted by molar-refractivity contribution is 5.76. The lowest BCUT2D eigenvalue weighted by atomic mass is 9.49. The number of amides is 1. The van der Waals surface area contributed by atoms with Crippen LogP contribution in [0.3, 0.4) is 0 Å². The van der Waals surface area contributed by atoms with E-state index in [0.717, 1.165) is 62.2 Å². The SMILES string of the molecule is O=C(CC12CC3CC(CC(C3)C1)C2)NCCC1CCN(CC2CCOCC2)C1. The Morgan fingerprint density at radius 1 is 0.964 bits per heavy atom. The second-order valence-electron chi connectivity index (χ2n) is 11.2. The number of nitrogens with zero attached hydrogens (tertiary/aromatic N) is 1. The summed E-state index contributed by atoms with van der Waals surface area (Å²) < 4.78 is 5.49. The highest BCUT2D eigenvalue weighted by Crippen LogP contribution is 2.61. The van der Waals surface area contributed by atoms with Crippen LogP contribution in [0, 0.1) is 35.0 Å². The molecule has 1 amide bonds. The molecule has 0 radical (unpaired) electrons. The Kier molecular flexibility index (Phi) is 5.71. The molecular formula is C24H40N2O2. The lowest BCUT2D eigenvalue weighted by molar-refractivity contribution is -0.129. The fourth-order valence-corrected chi connectivity index (χ4v) is 7.93. The zero-order valence-electron chi connectivity index (χ0n) is 17.7. The Morgan fingerprint density at radius 2 is 1.64 bits per heavy atom. The van der Waals surface area contributed by atoms with Crippen LogP contribution in [0.5, 0.6) is 0 Å². The molecule has 6 rings (SSSR count). The van der Waals surface area contributed by atoms with E-state index < -0.39 is 0 Å². The number of carbonyl (C=O) groups is 1. The van der Waals surface area contributed by atoms with Gasteiger partial charge in [0.1, 0.15) is 0 Å². The van der Waals surface area contributed by atoms with Crippen LogP contribution >= 0.6 is 0 Å². The molecule has 28 heavy (non-hydrogen) atoms. The molecule has 2 aliphatic heterocycles. The molecular weight excluding hydrogens is 348 g/mol. The highest BCUT2D eigenvalue weighted by atomic mass is 16.5. The molecule has 1 N–H and O–H groups in total. The van der Waals surface area contributed by atoms with Crippen LogP contribution in [0.2, 0.25) is 0 Å². The van der Waals surface area contributed by atoms with Gasteiger partial charge in [-0.3, -0.25) is 4.79 Å². The van der Waals surface area contributed by atoms with Crippen molar-refractivity contribution >= 4 is 5.91 Å². The Bertz CT molecular complexity index is 522. The van der Waals surface area contributed by atoms with Crippen LogP contribution in [0.4, 0.5) is 0 Å². The first kappa shape index (κ1) is 19.4. The van der Waals surface area contributed by atoms with Crippen LogP contribution < -0.4 is 5.32 Å². The van der Waals surface area contributed by atoms with Crippen molar-refractivity contribution in [2.75, 3.05) is 39.4 Å². The summed E-state index contributed by atoms with van der Waals surface area (Å²) in [5.41, 5.74) is 0.382. The first-order valence-corrected chi connectivity index (χ1v) is 12.2. The minimum absolute atomic E-state index is 0.346. The molecule has 0 aromatic heterocycles. The smallest absolute Gasteiger partial charge is 0.220 e. The third kappa shape index (κ3) is 4.43. The molecule has 4 saturated carbocycles. The fourth-order valence-electron chi connectivity index (χ4n) is 7.93. The monoisotopic (exact) mass is 388 g/mol. The van der Waals surface area contributed by atoms with Crippen molar-refractivity contribution in [2.45, 2.75) is 70.6 Å². The summed E-state index contributed by atoms with van der Waals surface area (Å²) in [5, 5.41) is 3.31. The van der Waals surface area contributed by atoms with Gasteiger partial charge in [-0.25, -0.2) is 0 Å². The van der Waals surface area contributed by atoms with Gasteiger partial charge >= 0.3 is 0 Å². The normalized spacial score (nSPS) is 40.9. The maximum Gasteiger partial charge on any atom is 0.220 e. The Hall–Kier alpha value is -0.610. The third-order valence-electron chi connectivity index (χ3n) is 8.80. The number of carbonyl (C=O) groups excluding carboxylic acids is 1. The molecule has 0 aromatic rings. The summed E-state index contributed by atoms with van der Waals surface area (Å²) in [6.45, 7) is 6.56. The van der Waals surface area contributed by atoms with Gasteiger partial charge in [0, 0.05) is 39.3 Å². The average Bonchev–Trinajstić information content (AvgIpc) is 3.08. The summed E-state index contributed by atoms with van der Waals surface area (Å²) >= 11 is 0. The van der Waals surface area contributed by atoms with E-state index in [1.807, 2.05) is 0 Å². The van der Waals surface area contributed by atoms with Crippen LogP contribution in [-0.2, 0) is 9.53 Å². The van der Waals surface area contributed by atoms with E-state index in [1.165, 1.54) is 77.4 Å². The third-order valence-corrected chi connectivity index (χ3v) is 8.80. The van der Waals surface area contributed by atoms with Crippen molar-refractivity contribution in [3.8, 4) is 0 Å². The molecule has 4 heteroatoms. The van der Waals surface area contributed by atoms with Gasteiger partial charge in [-0.15, -0.1) is 0 Å². The van der Waals surface area contributed by atoms with E-state index in [1.54, 1.807) is 0 Å². The number of hydrogen-bond donors (Lipinski definition) is 1. The van der Waals surface area contributed by atoms with Gasteiger partial charge in [0.15, 0.2) is 0 Å². The molecule has 0 spiro atoms. The van der Waals surface area contributed by atoms with E-state index in [9.17, 15) is 4.79 Å².